The number of hydrogen-bond donors (Lipinski definition) is 2. The van der Waals surface area contributed by atoms with Gasteiger partial charge in [-0.25, -0.2) is 23.1 Å². The number of pyridine rings is 2. The van der Waals surface area contributed by atoms with Crippen LogP contribution in [0.3, 0.4) is 0 Å². The standard InChI is InChI=1S/C8H6N2.C6H4BF3O2/c1-3-7-4-2-6-10-8(7)9-5-1;8-4-1-3(7(11)12)2-5(9)6(4)10/h1-6H;1-2,11-12H. The molecule has 22 heavy (non-hydrogen) atoms. The van der Waals surface area contributed by atoms with Crippen molar-refractivity contribution in [3.63, 3.8) is 0 Å². The molecule has 0 aliphatic rings. The third-order valence-corrected chi connectivity index (χ3v) is 2.68. The highest BCUT2D eigenvalue weighted by Gasteiger charge is 2.17. The van der Waals surface area contributed by atoms with Crippen molar-refractivity contribution in [1.82, 2.24) is 9.97 Å². The van der Waals surface area contributed by atoms with Crippen molar-refractivity contribution in [2.24, 2.45) is 0 Å². The van der Waals surface area contributed by atoms with E-state index in [1.54, 1.807) is 12.4 Å². The van der Waals surface area contributed by atoms with Gasteiger partial charge in [0.25, 0.3) is 0 Å². The van der Waals surface area contributed by atoms with Crippen molar-refractivity contribution in [1.29, 1.82) is 0 Å². The minimum Gasteiger partial charge on any atom is -0.423 e. The van der Waals surface area contributed by atoms with Gasteiger partial charge < -0.3 is 10.0 Å². The Balaban J connectivity index is 0.000000162. The normalized spacial score (nSPS) is 10.0. The lowest BCUT2D eigenvalue weighted by atomic mass is 9.80. The van der Waals surface area contributed by atoms with Crippen molar-refractivity contribution < 1.29 is 23.2 Å². The molecule has 0 aliphatic carbocycles. The molecule has 112 valence electrons. The largest absolute Gasteiger partial charge is 0.488 e. The summed E-state index contributed by atoms with van der Waals surface area (Å²) < 4.78 is 37.0. The highest BCUT2D eigenvalue weighted by Crippen LogP contribution is 2.07. The average Bonchev–Trinajstić information content (AvgIpc) is 2.53. The van der Waals surface area contributed by atoms with Crippen LogP contribution in [0.4, 0.5) is 13.2 Å². The van der Waals surface area contributed by atoms with Gasteiger partial charge in [0.2, 0.25) is 0 Å². The zero-order chi connectivity index (χ0) is 16.1. The summed E-state index contributed by atoms with van der Waals surface area (Å²) in [4.78, 5) is 8.14. The summed E-state index contributed by atoms with van der Waals surface area (Å²) in [5.74, 6) is -4.52. The smallest absolute Gasteiger partial charge is 0.423 e. The predicted molar refractivity (Wildman–Crippen MR) is 75.7 cm³/mol. The van der Waals surface area contributed by atoms with Crippen LogP contribution in [0.25, 0.3) is 11.0 Å². The number of fused-ring (bicyclic) bond motifs is 1. The summed E-state index contributed by atoms with van der Waals surface area (Å²) in [6, 6.07) is 8.84. The maximum Gasteiger partial charge on any atom is 0.488 e. The summed E-state index contributed by atoms with van der Waals surface area (Å²) in [7, 11) is -2.00. The van der Waals surface area contributed by atoms with Crippen molar-refractivity contribution in [3.05, 3.63) is 66.2 Å². The van der Waals surface area contributed by atoms with Crippen LogP contribution in [0, 0.1) is 17.5 Å². The number of rotatable bonds is 1. The summed E-state index contributed by atoms with van der Waals surface area (Å²) in [6.07, 6.45) is 3.49. The molecular formula is C14H10BF3N2O2. The van der Waals surface area contributed by atoms with Crippen LogP contribution in [0.2, 0.25) is 0 Å². The van der Waals surface area contributed by atoms with E-state index >= 15 is 0 Å². The van der Waals surface area contributed by atoms with Crippen LogP contribution in [0.15, 0.2) is 48.8 Å². The third kappa shape index (κ3) is 3.81. The Labute approximate surface area is 124 Å². The SMILES string of the molecule is OB(O)c1cc(F)c(F)c(F)c1.c1cnc2ncccc2c1. The number of benzene rings is 1. The lowest BCUT2D eigenvalue weighted by Crippen LogP contribution is -2.30. The van der Waals surface area contributed by atoms with Gasteiger partial charge in [0, 0.05) is 17.8 Å². The lowest BCUT2D eigenvalue weighted by molar-refractivity contribution is 0.421. The molecular weight excluding hydrogens is 296 g/mol. The quantitative estimate of drug-likeness (QED) is 0.527. The first-order valence-corrected chi connectivity index (χ1v) is 6.15. The van der Waals surface area contributed by atoms with E-state index < -0.39 is 30.0 Å². The molecule has 1 aromatic carbocycles. The molecule has 2 aromatic heterocycles. The molecule has 8 heteroatoms. The van der Waals surface area contributed by atoms with Gasteiger partial charge in [0.05, 0.1) is 0 Å². The van der Waals surface area contributed by atoms with Crippen LogP contribution >= 0.6 is 0 Å². The first-order valence-electron chi connectivity index (χ1n) is 6.15. The molecule has 0 spiro atoms. The topological polar surface area (TPSA) is 66.2 Å². The Bertz CT molecular complexity index is 698. The summed E-state index contributed by atoms with van der Waals surface area (Å²) >= 11 is 0. The summed E-state index contributed by atoms with van der Waals surface area (Å²) in [5, 5.41) is 18.0. The maximum absolute atomic E-state index is 12.4. The van der Waals surface area contributed by atoms with Gasteiger partial charge in [-0.1, -0.05) is 0 Å². The number of hydrogen-bond acceptors (Lipinski definition) is 4. The molecule has 0 atom stereocenters. The molecule has 0 saturated heterocycles. The van der Waals surface area contributed by atoms with Crippen molar-refractivity contribution in [3.8, 4) is 0 Å². The number of aromatic nitrogens is 2. The molecule has 0 bridgehead atoms. The van der Waals surface area contributed by atoms with E-state index in [4.69, 9.17) is 10.0 Å². The fourth-order valence-electron chi connectivity index (χ4n) is 1.63. The van der Waals surface area contributed by atoms with E-state index in [0.29, 0.717) is 12.1 Å². The van der Waals surface area contributed by atoms with Crippen LogP contribution < -0.4 is 5.46 Å². The fraction of sp³-hybridized carbons (Fsp3) is 0. The molecule has 4 nitrogen and oxygen atoms in total. The lowest BCUT2D eigenvalue weighted by Gasteiger charge is -2.00. The van der Waals surface area contributed by atoms with Crippen LogP contribution in [0.1, 0.15) is 0 Å². The van der Waals surface area contributed by atoms with Gasteiger partial charge in [-0.15, -0.1) is 0 Å². The molecule has 2 N–H and O–H groups in total. The van der Waals surface area contributed by atoms with Crippen LogP contribution in [-0.2, 0) is 0 Å². The molecule has 0 amide bonds. The number of nitrogens with zero attached hydrogens (tertiary/aromatic N) is 2. The van der Waals surface area contributed by atoms with Crippen molar-refractivity contribution in [2.75, 3.05) is 0 Å². The first-order chi connectivity index (χ1) is 10.5. The van der Waals surface area contributed by atoms with E-state index in [-0.39, 0.29) is 0 Å². The van der Waals surface area contributed by atoms with E-state index in [2.05, 4.69) is 9.97 Å². The zero-order valence-corrected chi connectivity index (χ0v) is 11.1. The Morgan fingerprint density at radius 3 is 1.77 bits per heavy atom. The van der Waals surface area contributed by atoms with Crippen LogP contribution in [-0.4, -0.2) is 27.1 Å². The van der Waals surface area contributed by atoms with E-state index in [1.165, 1.54) is 0 Å². The van der Waals surface area contributed by atoms with E-state index in [0.717, 1.165) is 11.0 Å². The van der Waals surface area contributed by atoms with Gasteiger partial charge in [-0.3, -0.25) is 0 Å². The van der Waals surface area contributed by atoms with Gasteiger partial charge >= 0.3 is 7.12 Å². The second-order valence-electron chi connectivity index (χ2n) is 4.23. The molecule has 0 radical (unpaired) electrons. The Morgan fingerprint density at radius 2 is 1.36 bits per heavy atom. The Morgan fingerprint density at radius 1 is 0.864 bits per heavy atom. The molecule has 3 aromatic rings. The Kier molecular flexibility index (Phi) is 5.08. The zero-order valence-electron chi connectivity index (χ0n) is 11.1. The molecule has 0 fully saturated rings. The predicted octanol–water partition coefficient (Wildman–Crippen LogP) is 1.41. The third-order valence-electron chi connectivity index (χ3n) is 2.68. The highest BCUT2D eigenvalue weighted by molar-refractivity contribution is 6.58. The second-order valence-corrected chi connectivity index (χ2v) is 4.23. The van der Waals surface area contributed by atoms with Crippen molar-refractivity contribution in [2.45, 2.75) is 0 Å². The highest BCUT2D eigenvalue weighted by atomic mass is 19.2. The first kappa shape index (κ1) is 15.9. The van der Waals surface area contributed by atoms with E-state index in [1.807, 2.05) is 24.3 Å². The Hall–Kier alpha value is -2.45. The molecule has 0 aliphatic heterocycles. The minimum atomic E-state index is -2.00. The maximum atomic E-state index is 12.4. The number of halogens is 3. The van der Waals surface area contributed by atoms with Crippen molar-refractivity contribution >= 4 is 23.6 Å². The molecule has 3 rings (SSSR count). The second kappa shape index (κ2) is 7.01. The summed E-state index contributed by atoms with van der Waals surface area (Å²) in [5.41, 5.74) is 0.386. The van der Waals surface area contributed by atoms with Gasteiger partial charge in [0.15, 0.2) is 23.1 Å². The van der Waals surface area contributed by atoms with Crippen LogP contribution in [0.5, 0.6) is 0 Å². The fourth-order valence-corrected chi connectivity index (χ4v) is 1.63. The molecule has 2 heterocycles. The summed E-state index contributed by atoms with van der Waals surface area (Å²) in [6.45, 7) is 0. The monoisotopic (exact) mass is 306 g/mol. The minimum absolute atomic E-state index is 0.425. The van der Waals surface area contributed by atoms with Gasteiger partial charge in [-0.2, -0.15) is 0 Å². The van der Waals surface area contributed by atoms with Gasteiger partial charge in [-0.05, 0) is 41.9 Å². The molecule has 0 unspecified atom stereocenters. The molecule has 0 saturated carbocycles. The van der Waals surface area contributed by atoms with E-state index in [9.17, 15) is 13.2 Å². The van der Waals surface area contributed by atoms with Gasteiger partial charge in [0.1, 0.15) is 0 Å². The average molecular weight is 306 g/mol.